The van der Waals surface area contributed by atoms with Crippen molar-refractivity contribution >= 4 is 5.91 Å². The van der Waals surface area contributed by atoms with Gasteiger partial charge in [-0.3, -0.25) is 4.79 Å². The van der Waals surface area contributed by atoms with Crippen LogP contribution in [0.25, 0.3) is 0 Å². The van der Waals surface area contributed by atoms with Gasteiger partial charge in [-0.2, -0.15) is 0 Å². The predicted molar refractivity (Wildman–Crippen MR) is 89.1 cm³/mol. The molecule has 1 atom stereocenters. The highest BCUT2D eigenvalue weighted by atomic mass is 16.5. The van der Waals surface area contributed by atoms with Crippen molar-refractivity contribution in [2.24, 2.45) is 5.92 Å². The fourth-order valence-electron chi connectivity index (χ4n) is 3.73. The molecule has 1 N–H and O–H groups in total. The molecule has 1 heterocycles. The summed E-state index contributed by atoms with van der Waals surface area (Å²) in [7, 11) is 0. The molecule has 0 bridgehead atoms. The summed E-state index contributed by atoms with van der Waals surface area (Å²) in [4.78, 5) is 14.7. The Balaban J connectivity index is 1.66. The average molecular weight is 317 g/mol. The van der Waals surface area contributed by atoms with Crippen LogP contribution in [-0.4, -0.2) is 35.2 Å². The summed E-state index contributed by atoms with van der Waals surface area (Å²) < 4.78 is 5.72. The van der Waals surface area contributed by atoms with Crippen molar-refractivity contribution < 1.29 is 14.6 Å². The number of amides is 1. The molecular formula is C19H27NO3. The molecule has 1 aromatic carbocycles. The lowest BCUT2D eigenvalue weighted by molar-refractivity contribution is -0.134. The van der Waals surface area contributed by atoms with E-state index < -0.39 is 0 Å². The van der Waals surface area contributed by atoms with Crippen LogP contribution in [0.3, 0.4) is 0 Å². The lowest BCUT2D eigenvalue weighted by Gasteiger charge is -2.27. The van der Waals surface area contributed by atoms with E-state index in [0.29, 0.717) is 25.4 Å². The van der Waals surface area contributed by atoms with Gasteiger partial charge in [0.05, 0.1) is 6.10 Å². The number of hydrogen-bond donors (Lipinski definition) is 1. The van der Waals surface area contributed by atoms with Gasteiger partial charge in [0.1, 0.15) is 5.75 Å². The standard InChI is InChI=1S/C19H27NO3/c21-18-10-4-3-8-16(18)13-20(14-17-9-5-11-23-17)19(22)12-15-6-1-2-7-15/h3-4,8,10,15,17,21H,1-2,5-7,9,11-14H2. The average Bonchev–Trinajstić information content (AvgIpc) is 3.22. The molecule has 23 heavy (non-hydrogen) atoms. The Labute approximate surface area is 138 Å². The number of carbonyl (C=O) groups is 1. The SMILES string of the molecule is O=C(CC1CCCC1)N(Cc1ccccc1O)CC1CCCO1. The molecular weight excluding hydrogens is 290 g/mol. The highest BCUT2D eigenvalue weighted by Crippen LogP contribution is 2.29. The van der Waals surface area contributed by atoms with Gasteiger partial charge in [-0.15, -0.1) is 0 Å². The van der Waals surface area contributed by atoms with Gasteiger partial charge in [0.25, 0.3) is 0 Å². The van der Waals surface area contributed by atoms with Crippen LogP contribution in [0.15, 0.2) is 24.3 Å². The van der Waals surface area contributed by atoms with E-state index in [1.54, 1.807) is 6.07 Å². The van der Waals surface area contributed by atoms with Gasteiger partial charge >= 0.3 is 0 Å². The zero-order valence-electron chi connectivity index (χ0n) is 13.7. The third kappa shape index (κ3) is 4.47. The highest BCUT2D eigenvalue weighted by Gasteiger charge is 2.26. The maximum Gasteiger partial charge on any atom is 0.223 e. The monoisotopic (exact) mass is 317 g/mol. The first-order valence-electron chi connectivity index (χ1n) is 8.88. The topological polar surface area (TPSA) is 49.8 Å². The van der Waals surface area contributed by atoms with Crippen molar-refractivity contribution in [1.82, 2.24) is 4.90 Å². The van der Waals surface area contributed by atoms with Crippen molar-refractivity contribution in [2.75, 3.05) is 13.2 Å². The quantitative estimate of drug-likeness (QED) is 0.874. The van der Waals surface area contributed by atoms with Gasteiger partial charge in [-0.05, 0) is 37.7 Å². The minimum atomic E-state index is 0.147. The second-order valence-electron chi connectivity index (χ2n) is 6.89. The van der Waals surface area contributed by atoms with Crippen molar-refractivity contribution in [2.45, 2.75) is 57.6 Å². The predicted octanol–water partition coefficient (Wildman–Crippen LogP) is 3.48. The van der Waals surface area contributed by atoms with Crippen molar-refractivity contribution in [3.8, 4) is 5.75 Å². The van der Waals surface area contributed by atoms with Gasteiger partial charge in [-0.1, -0.05) is 31.0 Å². The molecule has 0 aromatic heterocycles. The molecule has 1 saturated heterocycles. The Hall–Kier alpha value is -1.55. The highest BCUT2D eigenvalue weighted by molar-refractivity contribution is 5.76. The zero-order chi connectivity index (χ0) is 16.1. The third-order valence-electron chi connectivity index (χ3n) is 5.09. The third-order valence-corrected chi connectivity index (χ3v) is 5.09. The fraction of sp³-hybridized carbons (Fsp3) is 0.632. The Morgan fingerprint density at radius 3 is 2.65 bits per heavy atom. The van der Waals surface area contributed by atoms with Crippen LogP contribution in [0.2, 0.25) is 0 Å². The molecule has 126 valence electrons. The molecule has 1 aromatic rings. The second-order valence-corrected chi connectivity index (χ2v) is 6.89. The van der Waals surface area contributed by atoms with Gasteiger partial charge in [0, 0.05) is 31.7 Å². The summed E-state index contributed by atoms with van der Waals surface area (Å²) in [6.45, 7) is 1.91. The fourth-order valence-corrected chi connectivity index (χ4v) is 3.73. The second kappa shape index (κ2) is 7.82. The number of rotatable bonds is 6. The Morgan fingerprint density at radius 1 is 1.17 bits per heavy atom. The van der Waals surface area contributed by atoms with E-state index in [0.717, 1.165) is 25.0 Å². The Bertz CT molecular complexity index is 519. The van der Waals surface area contributed by atoms with Crippen LogP contribution in [-0.2, 0) is 16.1 Å². The molecule has 4 heteroatoms. The smallest absolute Gasteiger partial charge is 0.223 e. The molecule has 0 spiro atoms. The number of phenolic OH excluding ortho intramolecular Hbond substituents is 1. The maximum atomic E-state index is 12.8. The van der Waals surface area contributed by atoms with E-state index in [-0.39, 0.29) is 17.8 Å². The van der Waals surface area contributed by atoms with E-state index in [1.165, 1.54) is 25.7 Å². The normalized spacial score (nSPS) is 21.7. The Morgan fingerprint density at radius 2 is 1.96 bits per heavy atom. The number of para-hydroxylation sites is 1. The lowest BCUT2D eigenvalue weighted by atomic mass is 10.0. The van der Waals surface area contributed by atoms with E-state index in [1.807, 2.05) is 23.1 Å². The molecule has 1 saturated carbocycles. The van der Waals surface area contributed by atoms with E-state index in [2.05, 4.69) is 0 Å². The van der Waals surface area contributed by atoms with E-state index >= 15 is 0 Å². The maximum absolute atomic E-state index is 12.8. The minimum absolute atomic E-state index is 0.147. The minimum Gasteiger partial charge on any atom is -0.508 e. The van der Waals surface area contributed by atoms with E-state index in [4.69, 9.17) is 4.74 Å². The summed E-state index contributed by atoms with van der Waals surface area (Å²) in [6.07, 6.45) is 7.74. The number of phenols is 1. The van der Waals surface area contributed by atoms with Crippen LogP contribution in [0.4, 0.5) is 0 Å². The van der Waals surface area contributed by atoms with Crippen LogP contribution in [0.1, 0.15) is 50.5 Å². The molecule has 1 amide bonds. The summed E-state index contributed by atoms with van der Waals surface area (Å²) >= 11 is 0. The van der Waals surface area contributed by atoms with Crippen molar-refractivity contribution in [3.63, 3.8) is 0 Å². The summed E-state index contributed by atoms with van der Waals surface area (Å²) in [5.41, 5.74) is 0.810. The van der Waals surface area contributed by atoms with Crippen LogP contribution >= 0.6 is 0 Å². The number of benzene rings is 1. The van der Waals surface area contributed by atoms with Crippen molar-refractivity contribution in [3.05, 3.63) is 29.8 Å². The van der Waals surface area contributed by atoms with Gasteiger partial charge in [0.2, 0.25) is 5.91 Å². The summed E-state index contributed by atoms with van der Waals surface area (Å²) in [6, 6.07) is 7.28. The molecule has 0 radical (unpaired) electrons. The number of aromatic hydroxyl groups is 1. The summed E-state index contributed by atoms with van der Waals surface area (Å²) in [5, 5.41) is 10.0. The first kappa shape index (κ1) is 16.3. The van der Waals surface area contributed by atoms with Crippen LogP contribution in [0, 0.1) is 5.92 Å². The van der Waals surface area contributed by atoms with Gasteiger partial charge in [-0.25, -0.2) is 0 Å². The molecule has 1 aliphatic carbocycles. The lowest BCUT2D eigenvalue weighted by Crippen LogP contribution is -2.37. The first-order valence-corrected chi connectivity index (χ1v) is 8.88. The number of nitrogens with zero attached hydrogens (tertiary/aromatic N) is 1. The van der Waals surface area contributed by atoms with Crippen LogP contribution < -0.4 is 0 Å². The first-order chi connectivity index (χ1) is 11.2. The molecule has 4 nitrogen and oxygen atoms in total. The van der Waals surface area contributed by atoms with Gasteiger partial charge in [0.15, 0.2) is 0 Å². The molecule has 1 unspecified atom stereocenters. The molecule has 2 fully saturated rings. The number of carbonyl (C=O) groups excluding carboxylic acids is 1. The van der Waals surface area contributed by atoms with E-state index in [9.17, 15) is 9.90 Å². The number of hydrogen-bond acceptors (Lipinski definition) is 3. The molecule has 2 aliphatic rings. The molecule has 1 aliphatic heterocycles. The largest absolute Gasteiger partial charge is 0.508 e. The van der Waals surface area contributed by atoms with Crippen molar-refractivity contribution in [1.29, 1.82) is 0 Å². The molecule has 3 rings (SSSR count). The zero-order valence-corrected chi connectivity index (χ0v) is 13.7. The number of ether oxygens (including phenoxy) is 1. The Kier molecular flexibility index (Phi) is 5.55. The van der Waals surface area contributed by atoms with Crippen LogP contribution in [0.5, 0.6) is 5.75 Å². The summed E-state index contributed by atoms with van der Waals surface area (Å²) in [5.74, 6) is 1.01. The van der Waals surface area contributed by atoms with Gasteiger partial charge < -0.3 is 14.7 Å².